The lowest BCUT2D eigenvalue weighted by Crippen LogP contribution is -2.12. The van der Waals surface area contributed by atoms with Crippen LogP contribution in [0.2, 0.25) is 5.02 Å². The van der Waals surface area contributed by atoms with Crippen LogP contribution in [0.15, 0.2) is 48.5 Å². The average molecular weight is 263 g/mol. The van der Waals surface area contributed by atoms with Crippen LogP contribution in [0.3, 0.4) is 0 Å². The third-order valence-corrected chi connectivity index (χ3v) is 2.68. The number of nitrogens with two attached hydrogens (primary N) is 1. The van der Waals surface area contributed by atoms with Crippen LogP contribution in [0.4, 0.5) is 11.4 Å². The van der Waals surface area contributed by atoms with Gasteiger partial charge in [0.15, 0.2) is 0 Å². The molecule has 2 aromatic carbocycles. The second-order valence-electron chi connectivity index (χ2n) is 3.82. The topological polar surface area (TPSA) is 47.3 Å². The SMILES string of the molecule is Nc1ccccc1NCCOc1cccc(Cl)c1. The second kappa shape index (κ2) is 6.17. The van der Waals surface area contributed by atoms with Crippen molar-refractivity contribution in [3.8, 4) is 5.75 Å². The number of rotatable bonds is 5. The van der Waals surface area contributed by atoms with Gasteiger partial charge >= 0.3 is 0 Å². The zero-order chi connectivity index (χ0) is 12.8. The van der Waals surface area contributed by atoms with Gasteiger partial charge in [0, 0.05) is 11.6 Å². The molecule has 2 rings (SSSR count). The summed E-state index contributed by atoms with van der Waals surface area (Å²) in [5.41, 5.74) is 7.47. The molecular formula is C14H15ClN2O. The maximum Gasteiger partial charge on any atom is 0.120 e. The molecule has 0 aromatic heterocycles. The van der Waals surface area contributed by atoms with Gasteiger partial charge in [-0.05, 0) is 30.3 Å². The normalized spacial score (nSPS) is 10.1. The lowest BCUT2D eigenvalue weighted by Gasteiger charge is -2.10. The van der Waals surface area contributed by atoms with Crippen molar-refractivity contribution >= 4 is 23.0 Å². The molecule has 0 bridgehead atoms. The van der Waals surface area contributed by atoms with E-state index in [9.17, 15) is 0 Å². The molecule has 3 N–H and O–H groups in total. The molecule has 0 atom stereocenters. The molecule has 0 fully saturated rings. The van der Waals surface area contributed by atoms with Crippen LogP contribution in [-0.4, -0.2) is 13.2 Å². The lowest BCUT2D eigenvalue weighted by molar-refractivity contribution is 0.333. The minimum atomic E-state index is 0.550. The number of hydrogen-bond donors (Lipinski definition) is 2. The molecule has 2 aromatic rings. The summed E-state index contributed by atoms with van der Waals surface area (Å²) in [6, 6.07) is 15.0. The third-order valence-electron chi connectivity index (χ3n) is 2.44. The van der Waals surface area contributed by atoms with Crippen molar-refractivity contribution in [3.63, 3.8) is 0 Å². The Hall–Kier alpha value is -1.87. The predicted molar refractivity (Wildman–Crippen MR) is 76.3 cm³/mol. The smallest absolute Gasteiger partial charge is 0.120 e. The average Bonchev–Trinajstić information content (AvgIpc) is 2.37. The van der Waals surface area contributed by atoms with E-state index in [2.05, 4.69) is 5.32 Å². The van der Waals surface area contributed by atoms with E-state index in [0.717, 1.165) is 17.1 Å². The van der Waals surface area contributed by atoms with Crippen molar-refractivity contribution in [3.05, 3.63) is 53.6 Å². The Balaban J connectivity index is 1.78. The van der Waals surface area contributed by atoms with Crippen LogP contribution >= 0.6 is 11.6 Å². The van der Waals surface area contributed by atoms with Gasteiger partial charge in [-0.2, -0.15) is 0 Å². The summed E-state index contributed by atoms with van der Waals surface area (Å²) in [7, 11) is 0. The summed E-state index contributed by atoms with van der Waals surface area (Å²) in [5.74, 6) is 0.769. The van der Waals surface area contributed by atoms with Crippen LogP contribution in [0, 0.1) is 0 Å². The molecule has 0 spiro atoms. The first-order valence-electron chi connectivity index (χ1n) is 5.72. The molecule has 4 heteroatoms. The van der Waals surface area contributed by atoms with Crippen molar-refractivity contribution in [1.82, 2.24) is 0 Å². The zero-order valence-electron chi connectivity index (χ0n) is 9.90. The largest absolute Gasteiger partial charge is 0.492 e. The zero-order valence-corrected chi connectivity index (χ0v) is 10.7. The number of ether oxygens (including phenoxy) is 1. The first-order valence-corrected chi connectivity index (χ1v) is 6.10. The number of halogens is 1. The van der Waals surface area contributed by atoms with E-state index in [1.54, 1.807) is 6.07 Å². The van der Waals surface area contributed by atoms with Crippen LogP contribution in [0.1, 0.15) is 0 Å². The van der Waals surface area contributed by atoms with Crippen molar-refractivity contribution < 1.29 is 4.74 Å². The Bertz CT molecular complexity index is 517. The van der Waals surface area contributed by atoms with Gasteiger partial charge in [0.2, 0.25) is 0 Å². The van der Waals surface area contributed by atoms with E-state index >= 15 is 0 Å². The van der Waals surface area contributed by atoms with Gasteiger partial charge in [-0.3, -0.25) is 0 Å². The highest BCUT2D eigenvalue weighted by Crippen LogP contribution is 2.18. The van der Waals surface area contributed by atoms with Gasteiger partial charge in [-0.25, -0.2) is 0 Å². The quantitative estimate of drug-likeness (QED) is 0.641. The summed E-state index contributed by atoms with van der Waals surface area (Å²) in [5, 5.41) is 3.89. The second-order valence-corrected chi connectivity index (χ2v) is 4.26. The molecule has 18 heavy (non-hydrogen) atoms. The third kappa shape index (κ3) is 3.57. The van der Waals surface area contributed by atoms with Gasteiger partial charge in [0.05, 0.1) is 11.4 Å². The molecule has 0 saturated heterocycles. The molecular weight excluding hydrogens is 248 g/mol. The minimum Gasteiger partial charge on any atom is -0.492 e. The van der Waals surface area contributed by atoms with Crippen LogP contribution in [-0.2, 0) is 0 Å². The van der Waals surface area contributed by atoms with Gasteiger partial charge in [-0.1, -0.05) is 29.8 Å². The van der Waals surface area contributed by atoms with Gasteiger partial charge in [-0.15, -0.1) is 0 Å². The van der Waals surface area contributed by atoms with Gasteiger partial charge < -0.3 is 15.8 Å². The molecule has 0 aliphatic rings. The van der Waals surface area contributed by atoms with E-state index in [1.807, 2.05) is 42.5 Å². The van der Waals surface area contributed by atoms with Crippen molar-refractivity contribution in [2.24, 2.45) is 0 Å². The highest BCUT2D eigenvalue weighted by molar-refractivity contribution is 6.30. The molecule has 0 aliphatic carbocycles. The Morgan fingerprint density at radius 2 is 1.94 bits per heavy atom. The molecule has 0 radical (unpaired) electrons. The first-order chi connectivity index (χ1) is 8.75. The summed E-state index contributed by atoms with van der Waals surface area (Å²) in [6.07, 6.45) is 0. The monoisotopic (exact) mass is 262 g/mol. The standard InChI is InChI=1S/C14H15ClN2O/c15-11-4-3-5-12(10-11)18-9-8-17-14-7-2-1-6-13(14)16/h1-7,10,17H,8-9,16H2. The van der Waals surface area contributed by atoms with Gasteiger partial charge in [0.1, 0.15) is 12.4 Å². The van der Waals surface area contributed by atoms with Crippen molar-refractivity contribution in [2.45, 2.75) is 0 Å². The van der Waals surface area contributed by atoms with Gasteiger partial charge in [0.25, 0.3) is 0 Å². The lowest BCUT2D eigenvalue weighted by atomic mass is 10.3. The summed E-state index contributed by atoms with van der Waals surface area (Å²) in [6.45, 7) is 1.23. The summed E-state index contributed by atoms with van der Waals surface area (Å²) >= 11 is 5.86. The van der Waals surface area contributed by atoms with E-state index in [1.165, 1.54) is 0 Å². The van der Waals surface area contributed by atoms with Crippen molar-refractivity contribution in [2.75, 3.05) is 24.2 Å². The summed E-state index contributed by atoms with van der Waals surface area (Å²) < 4.78 is 5.56. The fourth-order valence-corrected chi connectivity index (χ4v) is 1.75. The molecule has 94 valence electrons. The van der Waals surface area contributed by atoms with E-state index in [0.29, 0.717) is 18.2 Å². The van der Waals surface area contributed by atoms with E-state index in [4.69, 9.17) is 22.1 Å². The number of nitrogen functional groups attached to an aromatic ring is 1. The Morgan fingerprint density at radius 1 is 1.11 bits per heavy atom. The Kier molecular flexibility index (Phi) is 4.31. The van der Waals surface area contributed by atoms with Crippen LogP contribution in [0.25, 0.3) is 0 Å². The van der Waals surface area contributed by atoms with Crippen LogP contribution in [0.5, 0.6) is 5.75 Å². The maximum absolute atomic E-state index is 5.86. The minimum absolute atomic E-state index is 0.550. The number of para-hydroxylation sites is 2. The maximum atomic E-state index is 5.86. The number of benzene rings is 2. The fraction of sp³-hybridized carbons (Fsp3) is 0.143. The number of nitrogens with one attached hydrogen (secondary N) is 1. The molecule has 0 amide bonds. The Morgan fingerprint density at radius 3 is 2.72 bits per heavy atom. The number of hydrogen-bond acceptors (Lipinski definition) is 3. The van der Waals surface area contributed by atoms with E-state index < -0.39 is 0 Å². The molecule has 0 heterocycles. The highest BCUT2D eigenvalue weighted by atomic mass is 35.5. The first kappa shape index (κ1) is 12.6. The number of anilines is 2. The molecule has 0 saturated carbocycles. The molecule has 0 aliphatic heterocycles. The van der Waals surface area contributed by atoms with Crippen molar-refractivity contribution in [1.29, 1.82) is 0 Å². The molecule has 3 nitrogen and oxygen atoms in total. The predicted octanol–water partition coefficient (Wildman–Crippen LogP) is 3.41. The van der Waals surface area contributed by atoms with Crippen LogP contribution < -0.4 is 15.8 Å². The molecule has 0 unspecified atom stereocenters. The Labute approximate surface area is 112 Å². The fourth-order valence-electron chi connectivity index (χ4n) is 1.57. The highest BCUT2D eigenvalue weighted by Gasteiger charge is 1.97. The summed E-state index contributed by atoms with van der Waals surface area (Å²) in [4.78, 5) is 0. The van der Waals surface area contributed by atoms with E-state index in [-0.39, 0.29) is 0 Å².